The Kier molecular flexibility index (Phi) is 5.94. The van der Waals surface area contributed by atoms with Gasteiger partial charge in [-0.1, -0.05) is 20.8 Å². The zero-order valence-corrected chi connectivity index (χ0v) is 16.8. The highest BCUT2D eigenvalue weighted by Gasteiger charge is 2.40. The van der Waals surface area contributed by atoms with Crippen LogP contribution in [-0.4, -0.2) is 35.6 Å². The second-order valence-electron chi connectivity index (χ2n) is 8.43. The topological polar surface area (TPSA) is 80.6 Å². The maximum absolute atomic E-state index is 12.7. The Balaban J connectivity index is 1.58. The molecule has 2 N–H and O–H groups in total. The summed E-state index contributed by atoms with van der Waals surface area (Å²) in [6, 6.07) is 1.61. The van der Waals surface area contributed by atoms with E-state index in [9.17, 15) is 9.59 Å². The Morgan fingerprint density at radius 3 is 2.56 bits per heavy atom. The van der Waals surface area contributed by atoms with Gasteiger partial charge in [0.1, 0.15) is 11.9 Å². The van der Waals surface area contributed by atoms with Crippen LogP contribution in [-0.2, 0) is 9.53 Å². The van der Waals surface area contributed by atoms with Crippen LogP contribution in [0.4, 0.5) is 0 Å². The maximum atomic E-state index is 12.7. The molecule has 150 valence electrons. The Morgan fingerprint density at radius 2 is 1.93 bits per heavy atom. The highest BCUT2D eigenvalue weighted by Crippen LogP contribution is 2.33. The van der Waals surface area contributed by atoms with Crippen molar-refractivity contribution < 1.29 is 18.7 Å². The van der Waals surface area contributed by atoms with Gasteiger partial charge >= 0.3 is 0 Å². The average Bonchev–Trinajstić information content (AvgIpc) is 3.35. The lowest BCUT2D eigenvalue weighted by molar-refractivity contribution is -0.137. The van der Waals surface area contributed by atoms with Gasteiger partial charge in [-0.2, -0.15) is 0 Å². The van der Waals surface area contributed by atoms with Crippen LogP contribution in [0.2, 0.25) is 0 Å². The molecule has 2 fully saturated rings. The van der Waals surface area contributed by atoms with Crippen molar-refractivity contribution in [3.05, 3.63) is 23.7 Å². The number of hydrogen-bond donors (Lipinski definition) is 2. The fourth-order valence-corrected chi connectivity index (χ4v) is 4.13. The highest BCUT2D eigenvalue weighted by molar-refractivity contribution is 5.95. The van der Waals surface area contributed by atoms with Gasteiger partial charge in [-0.15, -0.1) is 0 Å². The van der Waals surface area contributed by atoms with Crippen LogP contribution in [0.25, 0.3) is 0 Å². The minimum absolute atomic E-state index is 0.0482. The van der Waals surface area contributed by atoms with E-state index in [1.807, 2.05) is 13.8 Å². The molecular weight excluding hydrogens is 344 g/mol. The van der Waals surface area contributed by atoms with E-state index >= 15 is 0 Å². The number of hydrogen-bond acceptors (Lipinski definition) is 4. The summed E-state index contributed by atoms with van der Waals surface area (Å²) in [6.07, 6.45) is 6.46. The van der Waals surface area contributed by atoms with Gasteiger partial charge < -0.3 is 19.8 Å². The molecule has 0 spiro atoms. The van der Waals surface area contributed by atoms with Crippen molar-refractivity contribution in [1.29, 1.82) is 0 Å². The zero-order chi connectivity index (χ0) is 19.6. The van der Waals surface area contributed by atoms with Gasteiger partial charge in [0.2, 0.25) is 5.91 Å². The highest BCUT2D eigenvalue weighted by atomic mass is 16.5. The van der Waals surface area contributed by atoms with E-state index < -0.39 is 0 Å². The van der Waals surface area contributed by atoms with Crippen LogP contribution >= 0.6 is 0 Å². The van der Waals surface area contributed by atoms with Gasteiger partial charge in [0, 0.05) is 18.0 Å². The summed E-state index contributed by atoms with van der Waals surface area (Å²) < 4.78 is 11.4. The molecule has 2 heterocycles. The summed E-state index contributed by atoms with van der Waals surface area (Å²) in [6.45, 7) is 8.15. The average molecular weight is 376 g/mol. The molecule has 1 saturated heterocycles. The molecule has 6 nitrogen and oxygen atoms in total. The number of rotatable bonds is 6. The van der Waals surface area contributed by atoms with E-state index in [0.717, 1.165) is 38.5 Å². The fourth-order valence-electron chi connectivity index (χ4n) is 4.13. The Morgan fingerprint density at radius 1 is 1.22 bits per heavy atom. The molecule has 1 aliphatic heterocycles. The summed E-state index contributed by atoms with van der Waals surface area (Å²) in [7, 11) is 0. The van der Waals surface area contributed by atoms with Crippen LogP contribution < -0.4 is 10.6 Å². The van der Waals surface area contributed by atoms with Gasteiger partial charge in [-0.3, -0.25) is 9.59 Å². The normalized spacial score (nSPS) is 30.6. The monoisotopic (exact) mass is 376 g/mol. The molecular formula is C21H32N2O4. The number of carbonyl (C=O) groups is 2. The Labute approximate surface area is 161 Å². The first-order valence-electron chi connectivity index (χ1n) is 10.2. The third-order valence-electron chi connectivity index (χ3n) is 6.03. The van der Waals surface area contributed by atoms with Crippen molar-refractivity contribution in [2.24, 2.45) is 0 Å². The quantitative estimate of drug-likeness (QED) is 0.796. The number of amides is 2. The molecule has 1 saturated carbocycles. The molecule has 2 amide bonds. The standard InChI is InChI=1S/C21H32N2O4/c1-5-21(4)11-9-17(27-21)20(25)23-16-8-6-7-15(16)22-19(24)14-10-12-26-18(14)13(2)3/h10,12-13,15-17H,5-9,11H2,1-4H3,(H,22,24)(H,23,25)/t15-,16+,17?,21?/m0/s1. The predicted molar refractivity (Wildman–Crippen MR) is 103 cm³/mol. The first kappa shape index (κ1) is 19.9. The summed E-state index contributed by atoms with van der Waals surface area (Å²) in [5.74, 6) is 0.662. The molecule has 2 aliphatic rings. The molecule has 2 unspecified atom stereocenters. The van der Waals surface area contributed by atoms with Crippen LogP contribution in [0.5, 0.6) is 0 Å². The predicted octanol–water partition coefficient (Wildman–Crippen LogP) is 3.52. The number of furan rings is 1. The molecule has 27 heavy (non-hydrogen) atoms. The third kappa shape index (κ3) is 4.37. The molecule has 4 atom stereocenters. The fraction of sp³-hybridized carbons (Fsp3) is 0.714. The lowest BCUT2D eigenvalue weighted by atomic mass is 9.99. The molecule has 1 aliphatic carbocycles. The van der Waals surface area contributed by atoms with E-state index in [1.54, 1.807) is 12.3 Å². The second kappa shape index (κ2) is 8.05. The lowest BCUT2D eigenvalue weighted by Gasteiger charge is -2.25. The van der Waals surface area contributed by atoms with Gasteiger partial charge in [-0.25, -0.2) is 0 Å². The smallest absolute Gasteiger partial charge is 0.255 e. The van der Waals surface area contributed by atoms with Gasteiger partial charge in [0.25, 0.3) is 5.91 Å². The first-order valence-corrected chi connectivity index (χ1v) is 10.2. The van der Waals surface area contributed by atoms with E-state index in [2.05, 4.69) is 24.5 Å². The lowest BCUT2D eigenvalue weighted by Crippen LogP contribution is -2.51. The molecule has 6 heteroatoms. The second-order valence-corrected chi connectivity index (χ2v) is 8.43. The SMILES string of the molecule is CCC1(C)CCC(C(=O)N[C@@H]2CCC[C@@H]2NC(=O)c2ccoc2C(C)C)O1. The molecule has 0 aromatic carbocycles. The number of carbonyl (C=O) groups excluding carboxylic acids is 2. The molecule has 1 aromatic heterocycles. The van der Waals surface area contributed by atoms with E-state index in [0.29, 0.717) is 11.3 Å². The minimum atomic E-state index is -0.381. The largest absolute Gasteiger partial charge is 0.468 e. The molecule has 0 radical (unpaired) electrons. The van der Waals surface area contributed by atoms with Gasteiger partial charge in [0.05, 0.1) is 17.4 Å². The first-order chi connectivity index (χ1) is 12.8. The van der Waals surface area contributed by atoms with Crippen LogP contribution in [0, 0.1) is 0 Å². The summed E-state index contributed by atoms with van der Waals surface area (Å²) in [4.78, 5) is 25.3. The van der Waals surface area contributed by atoms with Crippen LogP contribution in [0.1, 0.15) is 88.3 Å². The van der Waals surface area contributed by atoms with Crippen LogP contribution in [0.15, 0.2) is 16.7 Å². The molecule has 1 aromatic rings. The van der Waals surface area contributed by atoms with E-state index in [1.165, 1.54) is 0 Å². The summed E-state index contributed by atoms with van der Waals surface area (Å²) >= 11 is 0. The summed E-state index contributed by atoms with van der Waals surface area (Å²) in [5, 5.41) is 6.21. The van der Waals surface area contributed by atoms with Crippen molar-refractivity contribution in [3.8, 4) is 0 Å². The van der Waals surface area contributed by atoms with Crippen molar-refractivity contribution >= 4 is 11.8 Å². The van der Waals surface area contributed by atoms with Crippen molar-refractivity contribution in [1.82, 2.24) is 10.6 Å². The molecule has 3 rings (SSSR count). The van der Waals surface area contributed by atoms with Crippen molar-refractivity contribution in [3.63, 3.8) is 0 Å². The van der Waals surface area contributed by atoms with Crippen molar-refractivity contribution in [2.45, 2.75) is 95.9 Å². The van der Waals surface area contributed by atoms with E-state index in [-0.39, 0.29) is 41.5 Å². The van der Waals surface area contributed by atoms with Gasteiger partial charge in [0.15, 0.2) is 0 Å². The Hall–Kier alpha value is -1.82. The maximum Gasteiger partial charge on any atom is 0.255 e. The van der Waals surface area contributed by atoms with E-state index in [4.69, 9.17) is 9.15 Å². The molecule has 0 bridgehead atoms. The van der Waals surface area contributed by atoms with Crippen molar-refractivity contribution in [2.75, 3.05) is 0 Å². The van der Waals surface area contributed by atoms with Gasteiger partial charge in [-0.05, 0) is 51.5 Å². The minimum Gasteiger partial charge on any atom is -0.468 e. The summed E-state index contributed by atoms with van der Waals surface area (Å²) in [5.41, 5.74) is 0.389. The third-order valence-corrected chi connectivity index (χ3v) is 6.03. The Bertz CT molecular complexity index is 683. The number of ether oxygens (including phenoxy) is 1. The van der Waals surface area contributed by atoms with Crippen LogP contribution in [0.3, 0.4) is 0 Å². The number of nitrogens with one attached hydrogen (secondary N) is 2. The zero-order valence-electron chi connectivity index (χ0n) is 16.8.